The van der Waals surface area contributed by atoms with E-state index in [-0.39, 0.29) is 11.9 Å². The molecule has 6 heteroatoms. The van der Waals surface area contributed by atoms with Crippen molar-refractivity contribution in [2.75, 3.05) is 39.4 Å². The van der Waals surface area contributed by atoms with Gasteiger partial charge in [0.15, 0.2) is 0 Å². The number of hydrogen-bond donors (Lipinski definition) is 0. The van der Waals surface area contributed by atoms with E-state index in [9.17, 15) is 4.79 Å². The zero-order valence-electron chi connectivity index (χ0n) is 12.0. The molecule has 114 valence electrons. The fourth-order valence-corrected chi connectivity index (χ4v) is 3.14. The third-order valence-electron chi connectivity index (χ3n) is 4.16. The Kier molecular flexibility index (Phi) is 4.73. The van der Waals surface area contributed by atoms with Crippen LogP contribution in [0.25, 0.3) is 0 Å². The summed E-state index contributed by atoms with van der Waals surface area (Å²) in [6, 6.07) is 3.71. The second kappa shape index (κ2) is 6.73. The molecule has 2 saturated heterocycles. The normalized spacial score (nSPS) is 23.5. The van der Waals surface area contributed by atoms with Gasteiger partial charge in [0, 0.05) is 38.4 Å². The maximum absolute atomic E-state index is 12.6. The molecule has 2 fully saturated rings. The molecule has 0 saturated carbocycles. The lowest BCUT2D eigenvalue weighted by molar-refractivity contribution is 0.0260. The molecule has 0 aromatic carbocycles. The van der Waals surface area contributed by atoms with Crippen LogP contribution in [0.4, 0.5) is 0 Å². The second-order valence-electron chi connectivity index (χ2n) is 5.57. The number of carbonyl (C=O) groups excluding carboxylic acids is 1. The molecule has 2 aliphatic heterocycles. The van der Waals surface area contributed by atoms with E-state index in [0.29, 0.717) is 10.7 Å². The number of halogens is 1. The van der Waals surface area contributed by atoms with Gasteiger partial charge in [0.1, 0.15) is 5.69 Å². The number of rotatable bonds is 3. The largest absolute Gasteiger partial charge is 0.379 e. The molecule has 0 spiro atoms. The highest BCUT2D eigenvalue weighted by atomic mass is 35.5. The first kappa shape index (κ1) is 14.8. The second-order valence-corrected chi connectivity index (χ2v) is 6.01. The van der Waals surface area contributed by atoms with E-state index in [1.807, 2.05) is 4.90 Å². The van der Waals surface area contributed by atoms with Crippen molar-refractivity contribution in [3.8, 4) is 0 Å². The average Bonchev–Trinajstić information content (AvgIpc) is 2.96. The van der Waals surface area contributed by atoms with Crippen molar-refractivity contribution in [1.82, 2.24) is 14.8 Å². The van der Waals surface area contributed by atoms with Gasteiger partial charge in [0.05, 0.1) is 18.2 Å². The Morgan fingerprint density at radius 1 is 1.33 bits per heavy atom. The number of pyridine rings is 1. The monoisotopic (exact) mass is 309 g/mol. The third-order valence-corrected chi connectivity index (χ3v) is 4.38. The summed E-state index contributed by atoms with van der Waals surface area (Å²) < 4.78 is 5.37. The van der Waals surface area contributed by atoms with Crippen molar-refractivity contribution < 1.29 is 9.53 Å². The number of carbonyl (C=O) groups is 1. The summed E-state index contributed by atoms with van der Waals surface area (Å²) in [6.45, 7) is 5.25. The Balaban J connectivity index is 1.65. The van der Waals surface area contributed by atoms with Crippen LogP contribution < -0.4 is 0 Å². The molecule has 5 nitrogen and oxygen atoms in total. The van der Waals surface area contributed by atoms with Gasteiger partial charge in [0.2, 0.25) is 0 Å². The van der Waals surface area contributed by atoms with Gasteiger partial charge in [-0.2, -0.15) is 0 Å². The van der Waals surface area contributed by atoms with Gasteiger partial charge in [-0.3, -0.25) is 9.69 Å². The summed E-state index contributed by atoms with van der Waals surface area (Å²) in [5.41, 5.74) is 0.480. The molecule has 21 heavy (non-hydrogen) atoms. The molecule has 0 unspecified atom stereocenters. The lowest BCUT2D eigenvalue weighted by Gasteiger charge is -2.32. The minimum absolute atomic E-state index is 0.0161. The molecule has 1 atom stereocenters. The lowest BCUT2D eigenvalue weighted by atomic mass is 10.2. The summed E-state index contributed by atoms with van der Waals surface area (Å²) in [5.74, 6) is 0.0161. The van der Waals surface area contributed by atoms with E-state index in [1.54, 1.807) is 12.1 Å². The van der Waals surface area contributed by atoms with E-state index in [0.717, 1.165) is 52.2 Å². The van der Waals surface area contributed by atoms with Crippen molar-refractivity contribution in [1.29, 1.82) is 0 Å². The van der Waals surface area contributed by atoms with Gasteiger partial charge < -0.3 is 9.64 Å². The summed E-state index contributed by atoms with van der Waals surface area (Å²) in [7, 11) is 0. The molecule has 2 aliphatic rings. The smallest absolute Gasteiger partial charge is 0.272 e. The van der Waals surface area contributed by atoms with Gasteiger partial charge >= 0.3 is 0 Å². The van der Waals surface area contributed by atoms with Crippen LogP contribution >= 0.6 is 11.6 Å². The van der Waals surface area contributed by atoms with Crippen molar-refractivity contribution in [2.24, 2.45) is 0 Å². The maximum atomic E-state index is 12.6. The Morgan fingerprint density at radius 2 is 2.14 bits per heavy atom. The predicted octanol–water partition coefficient (Wildman–Crippen LogP) is 1.67. The van der Waals surface area contributed by atoms with Crippen molar-refractivity contribution in [3.63, 3.8) is 0 Å². The summed E-state index contributed by atoms with van der Waals surface area (Å²) in [4.78, 5) is 21.1. The summed E-state index contributed by atoms with van der Waals surface area (Å²) >= 11 is 5.83. The molecular formula is C15H20ClN3O2. The van der Waals surface area contributed by atoms with Gasteiger partial charge in [-0.25, -0.2) is 4.98 Å². The molecule has 3 heterocycles. The standard InChI is InChI=1S/C15H20ClN3O2/c16-12-3-4-14(17-10-12)15(20)19-5-1-2-13(19)11-18-6-8-21-9-7-18/h3-4,10,13H,1-2,5-9,11H2/t13-/m0/s1. The summed E-state index contributed by atoms with van der Waals surface area (Å²) in [5, 5.41) is 0.554. The number of likely N-dealkylation sites (tertiary alicyclic amines) is 1. The number of morpholine rings is 1. The van der Waals surface area contributed by atoms with Crippen LogP contribution in [0.15, 0.2) is 18.3 Å². The van der Waals surface area contributed by atoms with Crippen molar-refractivity contribution in [2.45, 2.75) is 18.9 Å². The van der Waals surface area contributed by atoms with Gasteiger partial charge in [-0.15, -0.1) is 0 Å². The molecule has 1 amide bonds. The molecule has 0 aliphatic carbocycles. The fourth-order valence-electron chi connectivity index (χ4n) is 3.02. The highest BCUT2D eigenvalue weighted by molar-refractivity contribution is 6.30. The van der Waals surface area contributed by atoms with E-state index < -0.39 is 0 Å². The van der Waals surface area contributed by atoms with Crippen LogP contribution in [-0.2, 0) is 4.74 Å². The SMILES string of the molecule is O=C(c1ccc(Cl)cn1)N1CCC[C@H]1CN1CCOCC1. The first-order chi connectivity index (χ1) is 10.2. The fraction of sp³-hybridized carbons (Fsp3) is 0.600. The van der Waals surface area contributed by atoms with Crippen LogP contribution in [0.2, 0.25) is 5.02 Å². The molecule has 1 aromatic heterocycles. The summed E-state index contributed by atoms with van der Waals surface area (Å²) in [6.07, 6.45) is 3.66. The Labute approximate surface area is 129 Å². The third kappa shape index (κ3) is 3.54. The van der Waals surface area contributed by atoms with Crippen molar-refractivity contribution >= 4 is 17.5 Å². The number of nitrogens with zero attached hydrogens (tertiary/aromatic N) is 3. The van der Waals surface area contributed by atoms with E-state index in [2.05, 4.69) is 9.88 Å². The Hall–Kier alpha value is -1.17. The molecule has 0 radical (unpaired) electrons. The zero-order valence-corrected chi connectivity index (χ0v) is 12.8. The zero-order chi connectivity index (χ0) is 14.7. The minimum atomic E-state index is 0.0161. The van der Waals surface area contributed by atoms with Gasteiger partial charge in [0.25, 0.3) is 5.91 Å². The average molecular weight is 310 g/mol. The van der Waals surface area contributed by atoms with E-state index in [1.165, 1.54) is 6.20 Å². The first-order valence-corrected chi connectivity index (χ1v) is 7.84. The number of aromatic nitrogens is 1. The highest BCUT2D eigenvalue weighted by Gasteiger charge is 2.31. The quantitative estimate of drug-likeness (QED) is 0.852. The predicted molar refractivity (Wildman–Crippen MR) is 80.6 cm³/mol. The topological polar surface area (TPSA) is 45.7 Å². The van der Waals surface area contributed by atoms with E-state index >= 15 is 0 Å². The maximum Gasteiger partial charge on any atom is 0.272 e. The Morgan fingerprint density at radius 3 is 2.86 bits per heavy atom. The number of amides is 1. The molecule has 0 bridgehead atoms. The minimum Gasteiger partial charge on any atom is -0.379 e. The highest BCUT2D eigenvalue weighted by Crippen LogP contribution is 2.21. The lowest BCUT2D eigenvalue weighted by Crippen LogP contribution is -2.46. The van der Waals surface area contributed by atoms with Crippen LogP contribution in [0.5, 0.6) is 0 Å². The molecule has 3 rings (SSSR count). The van der Waals surface area contributed by atoms with Gasteiger partial charge in [-0.05, 0) is 25.0 Å². The number of hydrogen-bond acceptors (Lipinski definition) is 4. The molecule has 0 N–H and O–H groups in total. The van der Waals surface area contributed by atoms with Crippen molar-refractivity contribution in [3.05, 3.63) is 29.0 Å². The Bertz CT molecular complexity index is 488. The first-order valence-electron chi connectivity index (χ1n) is 7.46. The molecule has 1 aromatic rings. The van der Waals surface area contributed by atoms with E-state index in [4.69, 9.17) is 16.3 Å². The van der Waals surface area contributed by atoms with Gasteiger partial charge in [-0.1, -0.05) is 11.6 Å². The van der Waals surface area contributed by atoms with Crippen LogP contribution in [0.3, 0.4) is 0 Å². The molecular weight excluding hydrogens is 290 g/mol. The van der Waals surface area contributed by atoms with Crippen LogP contribution in [0.1, 0.15) is 23.3 Å². The van der Waals surface area contributed by atoms with Crippen LogP contribution in [-0.4, -0.2) is 66.1 Å². The van der Waals surface area contributed by atoms with Crippen LogP contribution in [0, 0.1) is 0 Å². The number of ether oxygens (including phenoxy) is 1.